The van der Waals surface area contributed by atoms with Crippen molar-refractivity contribution < 1.29 is 0 Å². The molecule has 0 unspecified atom stereocenters. The summed E-state index contributed by atoms with van der Waals surface area (Å²) in [6.45, 7) is 0.911. The van der Waals surface area contributed by atoms with Crippen molar-refractivity contribution in [2.24, 2.45) is 5.73 Å². The number of pyridine rings is 1. The summed E-state index contributed by atoms with van der Waals surface area (Å²) in [6, 6.07) is 5.70. The molecule has 4 nitrogen and oxygen atoms in total. The third-order valence-electron chi connectivity index (χ3n) is 3.83. The second kappa shape index (κ2) is 5.20. The molecule has 0 amide bonds. The molecule has 0 spiro atoms. The molecule has 1 aromatic heterocycles. The number of nitrogens with two attached hydrogens (primary N) is 1. The van der Waals surface area contributed by atoms with Gasteiger partial charge < -0.3 is 16.0 Å². The summed E-state index contributed by atoms with van der Waals surface area (Å²) >= 11 is 4.93. The van der Waals surface area contributed by atoms with Crippen LogP contribution in [-0.2, 0) is 0 Å². The van der Waals surface area contributed by atoms with E-state index in [1.807, 2.05) is 18.2 Å². The van der Waals surface area contributed by atoms with Crippen molar-refractivity contribution in [3.63, 3.8) is 0 Å². The zero-order valence-electron chi connectivity index (χ0n) is 10.9. The number of thiocarbonyl (C=S) groups is 1. The lowest BCUT2D eigenvalue weighted by Gasteiger charge is -2.47. The smallest absolute Gasteiger partial charge is 0.126 e. The molecule has 0 atom stereocenters. The van der Waals surface area contributed by atoms with Crippen LogP contribution in [0.15, 0.2) is 18.2 Å². The highest BCUT2D eigenvalue weighted by atomic mass is 32.1. The Hall–Kier alpha value is -1.20. The first-order valence-electron chi connectivity index (χ1n) is 6.22. The van der Waals surface area contributed by atoms with Gasteiger partial charge in [0, 0.05) is 12.1 Å². The van der Waals surface area contributed by atoms with Gasteiger partial charge in [0.1, 0.15) is 10.8 Å². The number of aromatic nitrogens is 1. The van der Waals surface area contributed by atoms with Gasteiger partial charge in [-0.15, -0.1) is 0 Å². The largest absolute Gasteiger partial charge is 0.388 e. The molecular formula is C13H20N4S. The van der Waals surface area contributed by atoms with Gasteiger partial charge in [0.25, 0.3) is 0 Å². The van der Waals surface area contributed by atoms with E-state index < -0.39 is 0 Å². The van der Waals surface area contributed by atoms with Crippen LogP contribution in [0.5, 0.6) is 0 Å². The number of hydrogen-bond donors (Lipinski definition) is 2. The zero-order valence-corrected chi connectivity index (χ0v) is 11.8. The van der Waals surface area contributed by atoms with Gasteiger partial charge in [0.2, 0.25) is 0 Å². The van der Waals surface area contributed by atoms with Crippen LogP contribution in [0.2, 0.25) is 0 Å². The van der Waals surface area contributed by atoms with Crippen LogP contribution in [0.25, 0.3) is 0 Å². The maximum Gasteiger partial charge on any atom is 0.126 e. The molecule has 1 heterocycles. The molecule has 98 valence electrons. The lowest BCUT2D eigenvalue weighted by atomic mass is 9.75. The molecule has 1 aromatic rings. The number of anilines is 1. The molecular weight excluding hydrogens is 244 g/mol. The lowest BCUT2D eigenvalue weighted by Crippen LogP contribution is -2.54. The molecule has 1 fully saturated rings. The summed E-state index contributed by atoms with van der Waals surface area (Å²) in [6.07, 6.45) is 3.78. The van der Waals surface area contributed by atoms with E-state index >= 15 is 0 Å². The average molecular weight is 264 g/mol. The summed E-state index contributed by atoms with van der Waals surface area (Å²) in [5.74, 6) is 0.841. The van der Waals surface area contributed by atoms with Crippen LogP contribution in [-0.4, -0.2) is 41.1 Å². The standard InChI is InChI=1S/C13H20N4S/c1-17(2)13(7-4-8-13)9-15-11-6-3-5-10(16-11)12(14)18/h3,5-6H,4,7-9H2,1-2H3,(H2,14,18)(H,15,16). The summed E-state index contributed by atoms with van der Waals surface area (Å²) in [5.41, 5.74) is 6.53. The summed E-state index contributed by atoms with van der Waals surface area (Å²) < 4.78 is 0. The first kappa shape index (κ1) is 13.2. The van der Waals surface area contributed by atoms with E-state index in [2.05, 4.69) is 29.3 Å². The minimum absolute atomic E-state index is 0.279. The van der Waals surface area contributed by atoms with Gasteiger partial charge in [-0.2, -0.15) is 0 Å². The number of likely N-dealkylation sites (N-methyl/N-ethyl adjacent to an activating group) is 1. The fourth-order valence-electron chi connectivity index (χ4n) is 2.29. The highest BCUT2D eigenvalue weighted by Gasteiger charge is 2.38. The monoisotopic (exact) mass is 264 g/mol. The predicted molar refractivity (Wildman–Crippen MR) is 78.9 cm³/mol. The number of rotatable bonds is 5. The van der Waals surface area contributed by atoms with Gasteiger partial charge in [-0.25, -0.2) is 4.98 Å². The molecule has 0 radical (unpaired) electrons. The number of nitrogens with one attached hydrogen (secondary N) is 1. The normalized spacial score (nSPS) is 17.3. The molecule has 18 heavy (non-hydrogen) atoms. The van der Waals surface area contributed by atoms with Crippen LogP contribution >= 0.6 is 12.2 Å². The molecule has 0 saturated heterocycles. The van der Waals surface area contributed by atoms with E-state index in [1.165, 1.54) is 19.3 Å². The molecule has 0 aliphatic heterocycles. The quantitative estimate of drug-likeness (QED) is 0.791. The van der Waals surface area contributed by atoms with Crippen LogP contribution in [0.4, 0.5) is 5.82 Å². The summed E-state index contributed by atoms with van der Waals surface area (Å²) in [4.78, 5) is 7.04. The minimum atomic E-state index is 0.279. The van der Waals surface area contributed by atoms with Gasteiger partial charge in [0.05, 0.1) is 5.69 Å². The van der Waals surface area contributed by atoms with Gasteiger partial charge in [0.15, 0.2) is 0 Å². The first-order valence-corrected chi connectivity index (χ1v) is 6.62. The van der Waals surface area contributed by atoms with Gasteiger partial charge in [-0.3, -0.25) is 0 Å². The number of nitrogens with zero attached hydrogens (tertiary/aromatic N) is 2. The molecule has 2 rings (SSSR count). The Morgan fingerprint density at radius 3 is 2.72 bits per heavy atom. The van der Waals surface area contributed by atoms with E-state index in [0.29, 0.717) is 10.7 Å². The van der Waals surface area contributed by atoms with Crippen LogP contribution in [0.3, 0.4) is 0 Å². The Morgan fingerprint density at radius 2 is 2.22 bits per heavy atom. The average Bonchev–Trinajstić information content (AvgIpc) is 2.27. The van der Waals surface area contributed by atoms with Crippen molar-refractivity contribution in [2.75, 3.05) is 26.0 Å². The van der Waals surface area contributed by atoms with E-state index in [-0.39, 0.29) is 5.54 Å². The SMILES string of the molecule is CN(C)C1(CNc2cccc(C(N)=S)n2)CCC1. The van der Waals surface area contributed by atoms with Crippen molar-refractivity contribution in [1.82, 2.24) is 9.88 Å². The van der Waals surface area contributed by atoms with E-state index in [4.69, 9.17) is 18.0 Å². The third kappa shape index (κ3) is 2.62. The fourth-order valence-corrected chi connectivity index (χ4v) is 2.41. The fraction of sp³-hybridized carbons (Fsp3) is 0.538. The Kier molecular flexibility index (Phi) is 3.82. The lowest BCUT2D eigenvalue weighted by molar-refractivity contribution is 0.0738. The van der Waals surface area contributed by atoms with Gasteiger partial charge in [-0.05, 0) is 45.5 Å². The van der Waals surface area contributed by atoms with Crippen molar-refractivity contribution >= 4 is 23.0 Å². The van der Waals surface area contributed by atoms with Crippen molar-refractivity contribution in [2.45, 2.75) is 24.8 Å². The van der Waals surface area contributed by atoms with Crippen molar-refractivity contribution in [1.29, 1.82) is 0 Å². The van der Waals surface area contributed by atoms with Gasteiger partial charge in [-0.1, -0.05) is 18.3 Å². The molecule has 5 heteroatoms. The van der Waals surface area contributed by atoms with E-state index in [0.717, 1.165) is 12.4 Å². The Morgan fingerprint density at radius 1 is 1.50 bits per heavy atom. The topological polar surface area (TPSA) is 54.2 Å². The Bertz CT molecular complexity index is 440. The first-order chi connectivity index (χ1) is 8.53. The van der Waals surface area contributed by atoms with E-state index in [9.17, 15) is 0 Å². The second-order valence-electron chi connectivity index (χ2n) is 5.10. The second-order valence-corrected chi connectivity index (χ2v) is 5.54. The minimum Gasteiger partial charge on any atom is -0.388 e. The molecule has 0 bridgehead atoms. The van der Waals surface area contributed by atoms with Crippen LogP contribution in [0.1, 0.15) is 25.0 Å². The predicted octanol–water partition coefficient (Wildman–Crippen LogP) is 1.61. The molecule has 3 N–H and O–H groups in total. The van der Waals surface area contributed by atoms with E-state index in [1.54, 1.807) is 0 Å². The Labute approximate surface area is 114 Å². The summed E-state index contributed by atoms with van der Waals surface area (Å²) in [5, 5.41) is 3.40. The maximum absolute atomic E-state index is 5.58. The zero-order chi connectivity index (χ0) is 13.2. The molecule has 1 aliphatic carbocycles. The van der Waals surface area contributed by atoms with Gasteiger partial charge >= 0.3 is 0 Å². The van der Waals surface area contributed by atoms with Crippen molar-refractivity contribution in [3.05, 3.63) is 23.9 Å². The molecule has 0 aromatic carbocycles. The van der Waals surface area contributed by atoms with Crippen LogP contribution < -0.4 is 11.1 Å². The van der Waals surface area contributed by atoms with Crippen LogP contribution in [0, 0.1) is 0 Å². The Balaban J connectivity index is 2.02. The molecule has 1 aliphatic rings. The highest BCUT2D eigenvalue weighted by molar-refractivity contribution is 7.80. The molecule has 1 saturated carbocycles. The highest BCUT2D eigenvalue weighted by Crippen LogP contribution is 2.36. The maximum atomic E-state index is 5.58. The third-order valence-corrected chi connectivity index (χ3v) is 4.04. The summed E-state index contributed by atoms with van der Waals surface area (Å²) in [7, 11) is 4.28. The van der Waals surface area contributed by atoms with Crippen molar-refractivity contribution in [3.8, 4) is 0 Å². The number of hydrogen-bond acceptors (Lipinski definition) is 4.